The molecule has 0 radical (unpaired) electrons. The van der Waals surface area contributed by atoms with E-state index in [9.17, 15) is 9.90 Å². The van der Waals surface area contributed by atoms with Gasteiger partial charge < -0.3 is 14.6 Å². The Kier molecular flexibility index (Phi) is 6.15. The highest BCUT2D eigenvalue weighted by atomic mass is 19.1. The second-order valence-electron chi connectivity index (χ2n) is 10.4. The van der Waals surface area contributed by atoms with Crippen molar-refractivity contribution in [3.8, 4) is 16.9 Å². The molecule has 1 atom stereocenters. The number of aliphatic carboxylic acids is 1. The van der Waals surface area contributed by atoms with Gasteiger partial charge in [0.1, 0.15) is 17.4 Å². The maximum absolute atomic E-state index is 15.7. The molecule has 4 aromatic rings. The SMILES string of the molecule is CCc1c(F)cc2c(-c3ccc4c5c(ccnc35)CCO4)c(C(OC(C)(C)C)C(=O)O)c(C)cc2c1F. The van der Waals surface area contributed by atoms with Gasteiger partial charge in [0.15, 0.2) is 6.10 Å². The number of aryl methyl sites for hydroxylation is 1. The van der Waals surface area contributed by atoms with Gasteiger partial charge in [0.2, 0.25) is 0 Å². The number of halogens is 2. The van der Waals surface area contributed by atoms with E-state index in [0.29, 0.717) is 46.5 Å². The summed E-state index contributed by atoms with van der Waals surface area (Å²) in [7, 11) is 0. The Hall–Kier alpha value is -3.58. The molecule has 1 aliphatic heterocycles. The number of carboxylic acids is 1. The van der Waals surface area contributed by atoms with E-state index < -0.39 is 29.3 Å². The summed E-state index contributed by atoms with van der Waals surface area (Å²) in [6.07, 6.45) is 1.21. The molecule has 7 heteroatoms. The van der Waals surface area contributed by atoms with Crippen LogP contribution in [0.3, 0.4) is 0 Å². The van der Waals surface area contributed by atoms with Gasteiger partial charge in [-0.1, -0.05) is 6.92 Å². The topological polar surface area (TPSA) is 68.7 Å². The summed E-state index contributed by atoms with van der Waals surface area (Å²) in [4.78, 5) is 17.2. The fraction of sp³-hybridized carbons (Fsp3) is 0.333. The largest absolute Gasteiger partial charge is 0.493 e. The summed E-state index contributed by atoms with van der Waals surface area (Å²) in [6, 6.07) is 8.43. The predicted molar refractivity (Wildman–Crippen MR) is 139 cm³/mol. The van der Waals surface area contributed by atoms with E-state index in [4.69, 9.17) is 9.47 Å². The molecule has 2 heterocycles. The molecule has 1 aromatic heterocycles. The molecule has 0 saturated carbocycles. The number of carboxylic acid groups (broad SMARTS) is 1. The Balaban J connectivity index is 1.97. The third-order valence-corrected chi connectivity index (χ3v) is 6.83. The monoisotopic (exact) mass is 505 g/mol. The summed E-state index contributed by atoms with van der Waals surface area (Å²) in [6.45, 7) is 9.29. The van der Waals surface area contributed by atoms with E-state index in [2.05, 4.69) is 4.98 Å². The first kappa shape index (κ1) is 25.1. The zero-order valence-electron chi connectivity index (χ0n) is 21.5. The lowest BCUT2D eigenvalue weighted by molar-refractivity contribution is -0.160. The second-order valence-corrected chi connectivity index (χ2v) is 10.4. The van der Waals surface area contributed by atoms with Gasteiger partial charge in [-0.25, -0.2) is 13.6 Å². The fourth-order valence-electron chi connectivity index (χ4n) is 5.30. The standard InChI is InChI=1S/C30H29F2NO4/c1-6-17-21(31)14-19-20(26(17)32)13-15(2)23(28(29(34)35)37-30(3,4)5)25(19)18-7-8-22-24-16(10-12-36-22)9-11-33-27(18)24/h7-9,11,13-14,28H,6,10,12H2,1-5H3,(H,34,35). The van der Waals surface area contributed by atoms with E-state index in [0.717, 1.165) is 10.9 Å². The van der Waals surface area contributed by atoms with Gasteiger partial charge in [-0.2, -0.15) is 0 Å². The van der Waals surface area contributed by atoms with Crippen molar-refractivity contribution in [2.75, 3.05) is 6.61 Å². The van der Waals surface area contributed by atoms with Crippen molar-refractivity contribution in [1.29, 1.82) is 0 Å². The first-order valence-corrected chi connectivity index (χ1v) is 12.4. The van der Waals surface area contributed by atoms with E-state index in [1.54, 1.807) is 52.9 Å². The molecular weight excluding hydrogens is 476 g/mol. The highest BCUT2D eigenvalue weighted by Gasteiger charge is 2.33. The van der Waals surface area contributed by atoms with Gasteiger partial charge in [0, 0.05) is 40.1 Å². The molecule has 0 saturated heterocycles. The quantitative estimate of drug-likeness (QED) is 0.314. The Labute approximate surface area is 214 Å². The van der Waals surface area contributed by atoms with E-state index in [1.165, 1.54) is 6.07 Å². The van der Waals surface area contributed by atoms with Gasteiger partial charge in [-0.3, -0.25) is 4.98 Å². The molecule has 0 fully saturated rings. The molecule has 3 aromatic carbocycles. The van der Waals surface area contributed by atoms with Crippen molar-refractivity contribution in [1.82, 2.24) is 4.98 Å². The van der Waals surface area contributed by atoms with Crippen LogP contribution in [0.4, 0.5) is 8.78 Å². The Bertz CT molecular complexity index is 1560. The predicted octanol–water partition coefficient (Wildman–Crippen LogP) is 7.08. The number of fused-ring (bicyclic) bond motifs is 1. The van der Waals surface area contributed by atoms with Crippen LogP contribution in [-0.4, -0.2) is 28.3 Å². The van der Waals surface area contributed by atoms with Crippen LogP contribution < -0.4 is 4.74 Å². The minimum Gasteiger partial charge on any atom is -0.493 e. The van der Waals surface area contributed by atoms with Crippen molar-refractivity contribution < 1.29 is 28.2 Å². The Morgan fingerprint density at radius 3 is 2.62 bits per heavy atom. The highest BCUT2D eigenvalue weighted by molar-refractivity contribution is 6.09. The number of hydrogen-bond acceptors (Lipinski definition) is 4. The lowest BCUT2D eigenvalue weighted by Crippen LogP contribution is -2.28. The number of aromatic nitrogens is 1. The number of nitrogens with zero attached hydrogens (tertiary/aromatic N) is 1. The minimum absolute atomic E-state index is 0.00486. The van der Waals surface area contributed by atoms with Gasteiger partial charge in [0.25, 0.3) is 0 Å². The summed E-state index contributed by atoms with van der Waals surface area (Å²) in [5, 5.41) is 11.6. The van der Waals surface area contributed by atoms with Gasteiger partial charge in [-0.15, -0.1) is 0 Å². The maximum atomic E-state index is 15.7. The molecule has 37 heavy (non-hydrogen) atoms. The van der Waals surface area contributed by atoms with Crippen molar-refractivity contribution >= 4 is 27.6 Å². The number of benzene rings is 3. The third-order valence-electron chi connectivity index (χ3n) is 6.83. The van der Waals surface area contributed by atoms with Gasteiger partial charge in [0.05, 0.1) is 17.7 Å². The molecule has 5 nitrogen and oxygen atoms in total. The summed E-state index contributed by atoms with van der Waals surface area (Å²) >= 11 is 0. The molecule has 5 rings (SSSR count). The molecule has 1 aliphatic rings. The smallest absolute Gasteiger partial charge is 0.337 e. The average Bonchev–Trinajstić information content (AvgIpc) is 2.83. The molecular formula is C30H29F2NO4. The summed E-state index contributed by atoms with van der Waals surface area (Å²) < 4.78 is 42.8. The Morgan fingerprint density at radius 2 is 1.95 bits per heavy atom. The summed E-state index contributed by atoms with van der Waals surface area (Å²) in [5.74, 6) is -1.83. The van der Waals surface area contributed by atoms with Crippen molar-refractivity contribution in [3.63, 3.8) is 0 Å². The van der Waals surface area contributed by atoms with Crippen LogP contribution in [0.25, 0.3) is 32.8 Å². The van der Waals surface area contributed by atoms with E-state index >= 15 is 8.78 Å². The van der Waals surface area contributed by atoms with E-state index in [1.807, 2.05) is 12.1 Å². The lowest BCUT2D eigenvalue weighted by Gasteiger charge is -2.29. The van der Waals surface area contributed by atoms with Crippen LogP contribution in [-0.2, 0) is 22.4 Å². The minimum atomic E-state index is -1.38. The molecule has 192 valence electrons. The lowest BCUT2D eigenvalue weighted by atomic mass is 9.84. The number of hydrogen-bond donors (Lipinski definition) is 1. The first-order chi connectivity index (χ1) is 17.5. The van der Waals surface area contributed by atoms with Crippen LogP contribution in [0.5, 0.6) is 5.75 Å². The molecule has 0 aliphatic carbocycles. The Morgan fingerprint density at radius 1 is 1.19 bits per heavy atom. The van der Waals surface area contributed by atoms with Crippen LogP contribution in [0.2, 0.25) is 0 Å². The number of ether oxygens (including phenoxy) is 2. The molecule has 0 spiro atoms. The van der Waals surface area contributed by atoms with Crippen LogP contribution in [0.1, 0.15) is 56.1 Å². The van der Waals surface area contributed by atoms with E-state index in [-0.39, 0.29) is 22.8 Å². The number of carbonyl (C=O) groups is 1. The number of rotatable bonds is 5. The molecule has 0 amide bonds. The van der Waals surface area contributed by atoms with Gasteiger partial charge in [-0.05, 0) is 86.5 Å². The van der Waals surface area contributed by atoms with Crippen LogP contribution in [0.15, 0.2) is 36.5 Å². The van der Waals surface area contributed by atoms with Crippen LogP contribution >= 0.6 is 0 Å². The average molecular weight is 506 g/mol. The molecule has 0 bridgehead atoms. The zero-order chi connectivity index (χ0) is 26.6. The van der Waals surface area contributed by atoms with Crippen molar-refractivity contribution in [2.45, 2.75) is 59.2 Å². The maximum Gasteiger partial charge on any atom is 0.337 e. The van der Waals surface area contributed by atoms with Gasteiger partial charge >= 0.3 is 5.97 Å². The van der Waals surface area contributed by atoms with Crippen molar-refractivity contribution in [2.24, 2.45) is 0 Å². The first-order valence-electron chi connectivity index (χ1n) is 12.4. The summed E-state index contributed by atoms with van der Waals surface area (Å²) in [5.41, 5.74) is 2.68. The zero-order valence-corrected chi connectivity index (χ0v) is 21.5. The highest BCUT2D eigenvalue weighted by Crippen LogP contribution is 2.46. The molecule has 1 unspecified atom stereocenters. The molecule has 1 N–H and O–H groups in total. The van der Waals surface area contributed by atoms with Crippen molar-refractivity contribution in [3.05, 3.63) is 70.4 Å². The number of pyridine rings is 1. The third kappa shape index (κ3) is 4.21. The normalized spacial score (nSPS) is 14.1. The van der Waals surface area contributed by atoms with Crippen LogP contribution in [0, 0.1) is 18.6 Å². The fourth-order valence-corrected chi connectivity index (χ4v) is 5.30. The second kappa shape index (κ2) is 9.06.